The molecule has 104 valence electrons. The van der Waals surface area contributed by atoms with E-state index in [4.69, 9.17) is 0 Å². The van der Waals surface area contributed by atoms with Gasteiger partial charge in [-0.1, -0.05) is 12.5 Å². The van der Waals surface area contributed by atoms with E-state index < -0.39 is 0 Å². The van der Waals surface area contributed by atoms with E-state index in [-0.39, 0.29) is 0 Å². The molecule has 1 aromatic heterocycles. The predicted molar refractivity (Wildman–Crippen MR) is 75.8 cm³/mol. The van der Waals surface area contributed by atoms with Gasteiger partial charge in [-0.25, -0.2) is 0 Å². The minimum atomic E-state index is 0.353. The number of nitrogens with one attached hydrogen (secondary N) is 1. The van der Waals surface area contributed by atoms with Gasteiger partial charge in [-0.3, -0.25) is 4.98 Å². The average molecular weight is 260 g/mol. The van der Waals surface area contributed by atoms with Crippen LogP contribution in [0.2, 0.25) is 0 Å². The number of pyridine rings is 1. The molecule has 0 aromatic carbocycles. The molecule has 0 bridgehead atoms. The van der Waals surface area contributed by atoms with E-state index in [0.717, 1.165) is 6.54 Å². The fourth-order valence-corrected chi connectivity index (χ4v) is 3.72. The number of aliphatic hydroxyl groups excluding tert-OH is 1. The number of hydrogen-bond donors (Lipinski definition) is 2. The Morgan fingerprint density at radius 1 is 1.21 bits per heavy atom. The maximum atomic E-state index is 9.39. The summed E-state index contributed by atoms with van der Waals surface area (Å²) in [6.45, 7) is 1.39. The van der Waals surface area contributed by atoms with E-state index in [1.54, 1.807) is 0 Å². The molecule has 2 N–H and O–H groups in total. The molecule has 0 saturated heterocycles. The van der Waals surface area contributed by atoms with Crippen LogP contribution in [-0.2, 0) is 6.42 Å². The highest BCUT2D eigenvalue weighted by molar-refractivity contribution is 5.25. The largest absolute Gasteiger partial charge is 0.396 e. The van der Waals surface area contributed by atoms with Crippen molar-refractivity contribution < 1.29 is 5.11 Å². The van der Waals surface area contributed by atoms with Crippen LogP contribution in [0.15, 0.2) is 18.3 Å². The Bertz CT molecular complexity index is 421. The minimum Gasteiger partial charge on any atom is -0.396 e. The first-order valence-corrected chi connectivity index (χ1v) is 7.66. The maximum absolute atomic E-state index is 9.39. The monoisotopic (exact) mass is 260 g/mol. The molecule has 1 fully saturated rings. The van der Waals surface area contributed by atoms with Crippen LogP contribution in [0.3, 0.4) is 0 Å². The molecule has 3 heteroatoms. The molecule has 2 aliphatic carbocycles. The third-order valence-corrected chi connectivity index (χ3v) is 4.87. The van der Waals surface area contributed by atoms with Crippen LogP contribution in [0.5, 0.6) is 0 Å². The van der Waals surface area contributed by atoms with Crippen LogP contribution >= 0.6 is 0 Å². The minimum absolute atomic E-state index is 0.353. The summed E-state index contributed by atoms with van der Waals surface area (Å²) < 4.78 is 0. The van der Waals surface area contributed by atoms with Gasteiger partial charge in [0.15, 0.2) is 0 Å². The lowest BCUT2D eigenvalue weighted by molar-refractivity contribution is 0.189. The van der Waals surface area contributed by atoms with Crippen molar-refractivity contribution in [2.24, 2.45) is 11.8 Å². The molecule has 0 spiro atoms. The first-order valence-electron chi connectivity index (χ1n) is 7.66. The number of hydrogen-bond acceptors (Lipinski definition) is 3. The van der Waals surface area contributed by atoms with Gasteiger partial charge in [-0.15, -0.1) is 0 Å². The molecule has 0 radical (unpaired) electrons. The van der Waals surface area contributed by atoms with Crippen LogP contribution in [0.25, 0.3) is 0 Å². The van der Waals surface area contributed by atoms with Gasteiger partial charge in [-0.05, 0) is 62.1 Å². The Morgan fingerprint density at radius 2 is 2.11 bits per heavy atom. The molecule has 1 heterocycles. The van der Waals surface area contributed by atoms with Crippen molar-refractivity contribution in [2.75, 3.05) is 13.2 Å². The number of aromatic nitrogens is 1. The second-order valence-electron chi connectivity index (χ2n) is 6.03. The van der Waals surface area contributed by atoms with Gasteiger partial charge in [-0.2, -0.15) is 0 Å². The first kappa shape index (κ1) is 13.1. The number of rotatable bonds is 4. The summed E-state index contributed by atoms with van der Waals surface area (Å²) in [6, 6.07) is 4.67. The lowest BCUT2D eigenvalue weighted by Gasteiger charge is -2.27. The average Bonchev–Trinajstić information content (AvgIpc) is 2.92. The molecule has 3 unspecified atom stereocenters. The molecule has 1 aromatic rings. The van der Waals surface area contributed by atoms with Gasteiger partial charge in [0, 0.05) is 18.8 Å². The third kappa shape index (κ3) is 2.82. The zero-order valence-corrected chi connectivity index (χ0v) is 11.5. The normalized spacial score (nSPS) is 30.3. The number of aryl methyl sites for hydroxylation is 1. The highest BCUT2D eigenvalue weighted by atomic mass is 16.3. The summed E-state index contributed by atoms with van der Waals surface area (Å²) in [6.07, 6.45) is 9.26. The SMILES string of the molecule is OCC1CCCC1CNC1CCCc2cccnc21. The predicted octanol–water partition coefficient (Wildman–Crippen LogP) is 2.46. The first-order chi connectivity index (χ1) is 9.38. The summed E-state index contributed by atoms with van der Waals surface area (Å²) in [5.74, 6) is 1.17. The lowest BCUT2D eigenvalue weighted by atomic mass is 9.90. The number of nitrogens with zero attached hydrogens (tertiary/aromatic N) is 1. The van der Waals surface area contributed by atoms with E-state index in [1.807, 2.05) is 12.3 Å². The highest BCUT2D eigenvalue weighted by Crippen LogP contribution is 2.32. The van der Waals surface area contributed by atoms with E-state index in [9.17, 15) is 5.11 Å². The van der Waals surface area contributed by atoms with Gasteiger partial charge >= 0.3 is 0 Å². The van der Waals surface area contributed by atoms with Crippen molar-refractivity contribution >= 4 is 0 Å². The van der Waals surface area contributed by atoms with Crippen molar-refractivity contribution in [2.45, 2.75) is 44.6 Å². The fourth-order valence-electron chi connectivity index (χ4n) is 3.72. The van der Waals surface area contributed by atoms with Crippen LogP contribution in [-0.4, -0.2) is 23.2 Å². The second-order valence-corrected chi connectivity index (χ2v) is 6.03. The molecular formula is C16H24N2O. The molecule has 0 amide bonds. The summed E-state index contributed by atoms with van der Waals surface area (Å²) in [5, 5.41) is 13.1. The topological polar surface area (TPSA) is 45.1 Å². The van der Waals surface area contributed by atoms with Gasteiger partial charge in [0.05, 0.1) is 5.69 Å². The Labute approximate surface area is 115 Å². The lowest BCUT2D eigenvalue weighted by Crippen LogP contribution is -2.32. The Hall–Kier alpha value is -0.930. The van der Waals surface area contributed by atoms with Gasteiger partial charge in [0.25, 0.3) is 0 Å². The summed E-state index contributed by atoms with van der Waals surface area (Å²) in [7, 11) is 0. The van der Waals surface area contributed by atoms with Gasteiger partial charge in [0.1, 0.15) is 0 Å². The van der Waals surface area contributed by atoms with Crippen molar-refractivity contribution in [3.63, 3.8) is 0 Å². The number of fused-ring (bicyclic) bond motifs is 1. The fraction of sp³-hybridized carbons (Fsp3) is 0.688. The molecule has 2 aliphatic rings. The Morgan fingerprint density at radius 3 is 3.00 bits per heavy atom. The van der Waals surface area contributed by atoms with Crippen molar-refractivity contribution in [1.82, 2.24) is 10.3 Å². The smallest absolute Gasteiger partial charge is 0.0605 e. The summed E-state index contributed by atoms with van der Waals surface area (Å²) in [5.41, 5.74) is 2.67. The van der Waals surface area contributed by atoms with Crippen LogP contribution in [0.4, 0.5) is 0 Å². The molecule has 1 saturated carbocycles. The van der Waals surface area contributed by atoms with Crippen LogP contribution < -0.4 is 5.32 Å². The van der Waals surface area contributed by atoms with Crippen molar-refractivity contribution in [3.05, 3.63) is 29.6 Å². The third-order valence-electron chi connectivity index (χ3n) is 4.87. The standard InChI is InChI=1S/C16H24N2O/c19-11-14-6-1-5-13(14)10-18-15-8-2-4-12-7-3-9-17-16(12)15/h3,7,9,13-15,18-19H,1-2,4-6,8,10-11H2. The Balaban J connectivity index is 1.62. The Kier molecular flexibility index (Phi) is 4.14. The van der Waals surface area contributed by atoms with Crippen LogP contribution in [0, 0.1) is 11.8 Å². The van der Waals surface area contributed by atoms with Gasteiger partial charge in [0.2, 0.25) is 0 Å². The molecule has 3 nitrogen and oxygen atoms in total. The van der Waals surface area contributed by atoms with E-state index in [2.05, 4.69) is 16.4 Å². The van der Waals surface area contributed by atoms with Crippen LogP contribution in [0.1, 0.15) is 49.4 Å². The summed E-state index contributed by atoms with van der Waals surface area (Å²) in [4.78, 5) is 4.57. The zero-order chi connectivity index (χ0) is 13.1. The highest BCUT2D eigenvalue weighted by Gasteiger charge is 2.28. The van der Waals surface area contributed by atoms with Crippen molar-refractivity contribution in [3.8, 4) is 0 Å². The second kappa shape index (κ2) is 6.02. The van der Waals surface area contributed by atoms with E-state index >= 15 is 0 Å². The maximum Gasteiger partial charge on any atom is 0.0605 e. The molecule has 3 atom stereocenters. The van der Waals surface area contributed by atoms with Crippen molar-refractivity contribution in [1.29, 1.82) is 0 Å². The van der Waals surface area contributed by atoms with E-state index in [1.165, 1.54) is 49.8 Å². The van der Waals surface area contributed by atoms with Gasteiger partial charge < -0.3 is 10.4 Å². The quantitative estimate of drug-likeness (QED) is 0.874. The molecule has 3 rings (SSSR count). The molecular weight excluding hydrogens is 236 g/mol. The molecule has 0 aliphatic heterocycles. The number of aliphatic hydroxyl groups is 1. The molecule has 19 heavy (non-hydrogen) atoms. The zero-order valence-electron chi connectivity index (χ0n) is 11.5. The van der Waals surface area contributed by atoms with E-state index in [0.29, 0.717) is 24.5 Å². The summed E-state index contributed by atoms with van der Waals surface area (Å²) >= 11 is 0.